The molecule has 1 heterocycles. The van der Waals surface area contributed by atoms with Crippen molar-refractivity contribution in [3.05, 3.63) is 0 Å². The number of likely N-dealkylation sites (tertiary alicyclic amines) is 1. The largest absolute Gasteiger partial charge is 0.409 e. The number of amides is 1. The molecule has 0 aromatic carbocycles. The van der Waals surface area contributed by atoms with Crippen molar-refractivity contribution in [2.45, 2.75) is 57.0 Å². The van der Waals surface area contributed by atoms with Crippen LogP contribution >= 0.6 is 0 Å². The van der Waals surface area contributed by atoms with Gasteiger partial charge in [0, 0.05) is 19.0 Å². The van der Waals surface area contributed by atoms with E-state index in [1.807, 2.05) is 4.90 Å². The summed E-state index contributed by atoms with van der Waals surface area (Å²) >= 11 is 0. The van der Waals surface area contributed by atoms with Gasteiger partial charge < -0.3 is 20.9 Å². The Kier molecular flexibility index (Phi) is 3.59. The van der Waals surface area contributed by atoms with Crippen LogP contribution in [0.4, 0.5) is 0 Å². The molecule has 3 rings (SSSR count). The number of oxime groups is 1. The minimum absolute atomic E-state index is 0.0170. The van der Waals surface area contributed by atoms with Crippen LogP contribution in [-0.2, 0) is 4.79 Å². The normalized spacial score (nSPS) is 35.8. The molecule has 0 spiro atoms. The molecule has 6 nitrogen and oxygen atoms in total. The van der Waals surface area contributed by atoms with Crippen LogP contribution in [0.1, 0.15) is 51.4 Å². The number of piperidine rings is 1. The number of hydrogen-bond donors (Lipinski definition) is 3. The van der Waals surface area contributed by atoms with E-state index < -0.39 is 11.0 Å². The van der Waals surface area contributed by atoms with Crippen LogP contribution in [0.25, 0.3) is 0 Å². The molecule has 0 aromatic heterocycles. The first-order valence-electron chi connectivity index (χ1n) is 8.02. The molecule has 3 fully saturated rings. The fourth-order valence-corrected chi connectivity index (χ4v) is 4.26. The lowest BCUT2D eigenvalue weighted by Gasteiger charge is -2.50. The van der Waals surface area contributed by atoms with Crippen molar-refractivity contribution >= 4 is 11.7 Å². The zero-order valence-electron chi connectivity index (χ0n) is 12.4. The van der Waals surface area contributed by atoms with E-state index in [9.17, 15) is 9.90 Å². The number of aliphatic hydroxyl groups is 1. The Morgan fingerprint density at radius 2 is 1.95 bits per heavy atom. The molecular weight excluding hydrogens is 270 g/mol. The number of amidine groups is 1. The minimum atomic E-state index is -0.793. The Morgan fingerprint density at radius 3 is 2.57 bits per heavy atom. The predicted octanol–water partition coefficient (Wildman–Crippen LogP) is 1.06. The summed E-state index contributed by atoms with van der Waals surface area (Å²) in [4.78, 5) is 14.7. The monoisotopic (exact) mass is 295 g/mol. The average Bonchev–Trinajstić information content (AvgIpc) is 2.44. The summed E-state index contributed by atoms with van der Waals surface area (Å²) in [6.07, 6.45) is 6.94. The average molecular weight is 295 g/mol. The maximum Gasteiger partial charge on any atom is 0.236 e. The molecule has 21 heavy (non-hydrogen) atoms. The molecule has 0 radical (unpaired) electrons. The highest BCUT2D eigenvalue weighted by Gasteiger charge is 2.52. The first kappa shape index (κ1) is 14.6. The minimum Gasteiger partial charge on any atom is -0.409 e. The Hall–Kier alpha value is -1.30. The molecule has 1 aliphatic heterocycles. The van der Waals surface area contributed by atoms with Crippen molar-refractivity contribution in [1.29, 1.82) is 0 Å². The summed E-state index contributed by atoms with van der Waals surface area (Å²) in [5.74, 6) is 0.202. The molecule has 118 valence electrons. The highest BCUT2D eigenvalue weighted by Crippen LogP contribution is 2.45. The van der Waals surface area contributed by atoms with Gasteiger partial charge in [-0.15, -0.1) is 0 Å². The highest BCUT2D eigenvalue weighted by molar-refractivity contribution is 6.07. The zero-order valence-corrected chi connectivity index (χ0v) is 12.4. The first-order valence-corrected chi connectivity index (χ1v) is 8.02. The van der Waals surface area contributed by atoms with Crippen LogP contribution in [0.2, 0.25) is 0 Å². The third-order valence-corrected chi connectivity index (χ3v) is 5.93. The van der Waals surface area contributed by atoms with E-state index in [4.69, 9.17) is 10.9 Å². The molecule has 4 N–H and O–H groups in total. The van der Waals surface area contributed by atoms with E-state index in [0.717, 1.165) is 32.1 Å². The van der Waals surface area contributed by atoms with Crippen molar-refractivity contribution in [2.24, 2.45) is 22.2 Å². The van der Waals surface area contributed by atoms with Crippen molar-refractivity contribution < 1.29 is 15.1 Å². The van der Waals surface area contributed by atoms with Crippen molar-refractivity contribution in [2.75, 3.05) is 13.1 Å². The second-order valence-electron chi connectivity index (χ2n) is 6.97. The van der Waals surface area contributed by atoms with Gasteiger partial charge in [0.2, 0.25) is 5.91 Å². The summed E-state index contributed by atoms with van der Waals surface area (Å²) in [7, 11) is 0. The fraction of sp³-hybridized carbons (Fsp3) is 0.867. The molecule has 2 unspecified atom stereocenters. The number of carbonyl (C=O) groups is 1. The summed E-state index contributed by atoms with van der Waals surface area (Å²) < 4.78 is 0. The van der Waals surface area contributed by atoms with Gasteiger partial charge in [0.05, 0.1) is 5.60 Å². The molecule has 0 bridgehead atoms. The van der Waals surface area contributed by atoms with E-state index >= 15 is 0 Å². The van der Waals surface area contributed by atoms with Crippen molar-refractivity contribution in [3.63, 3.8) is 0 Å². The lowest BCUT2D eigenvalue weighted by Crippen LogP contribution is -2.61. The summed E-state index contributed by atoms with van der Waals surface area (Å²) in [5, 5.41) is 22.7. The first-order chi connectivity index (χ1) is 10.0. The number of rotatable bonds is 2. The van der Waals surface area contributed by atoms with Crippen LogP contribution in [0.15, 0.2) is 5.16 Å². The summed E-state index contributed by atoms with van der Waals surface area (Å²) in [6, 6.07) is 0. The molecule has 2 atom stereocenters. The lowest BCUT2D eigenvalue weighted by atomic mass is 9.65. The van der Waals surface area contributed by atoms with Gasteiger partial charge in [0.15, 0.2) is 5.84 Å². The van der Waals surface area contributed by atoms with E-state index in [1.54, 1.807) is 0 Å². The van der Waals surface area contributed by atoms with Crippen LogP contribution in [0, 0.1) is 11.3 Å². The van der Waals surface area contributed by atoms with E-state index in [2.05, 4.69) is 5.16 Å². The van der Waals surface area contributed by atoms with Crippen LogP contribution < -0.4 is 5.73 Å². The predicted molar refractivity (Wildman–Crippen MR) is 77.8 cm³/mol. The third-order valence-electron chi connectivity index (χ3n) is 5.93. The number of fused-ring (bicyclic) bond motifs is 1. The van der Waals surface area contributed by atoms with Crippen LogP contribution in [0.3, 0.4) is 0 Å². The van der Waals surface area contributed by atoms with Crippen LogP contribution in [-0.4, -0.2) is 45.6 Å². The molecule has 6 heteroatoms. The number of nitrogens with two attached hydrogens (primary N) is 1. The van der Waals surface area contributed by atoms with E-state index in [1.165, 1.54) is 0 Å². The maximum atomic E-state index is 12.9. The van der Waals surface area contributed by atoms with Gasteiger partial charge in [-0.1, -0.05) is 24.4 Å². The molecular formula is C15H25N3O3. The van der Waals surface area contributed by atoms with Crippen molar-refractivity contribution in [3.8, 4) is 0 Å². The van der Waals surface area contributed by atoms with Crippen molar-refractivity contribution in [1.82, 2.24) is 4.90 Å². The van der Waals surface area contributed by atoms with E-state index in [-0.39, 0.29) is 17.7 Å². The maximum absolute atomic E-state index is 12.9. The molecule has 0 aromatic rings. The Balaban J connectivity index is 1.74. The van der Waals surface area contributed by atoms with Crippen LogP contribution in [0.5, 0.6) is 0 Å². The standard InChI is InChI=1S/C15H25N3O3/c16-12(17-21)14(5-3-6-14)13(19)18-9-8-15(20)7-2-1-4-11(15)10-18/h11,20-21H,1-10H2,(H2,16,17). The summed E-state index contributed by atoms with van der Waals surface area (Å²) in [5.41, 5.74) is 4.40. The van der Waals surface area contributed by atoms with Gasteiger partial charge in [0.1, 0.15) is 5.41 Å². The Bertz CT molecular complexity index is 461. The third kappa shape index (κ3) is 2.20. The zero-order chi connectivity index (χ0) is 15.1. The SMILES string of the molecule is NC(=NO)C1(C(=O)N2CCC3(O)CCCCC3C2)CCC1. The number of nitrogens with zero attached hydrogens (tertiary/aromatic N) is 2. The Morgan fingerprint density at radius 1 is 1.19 bits per heavy atom. The van der Waals surface area contributed by atoms with E-state index in [0.29, 0.717) is 32.4 Å². The summed E-state index contributed by atoms with van der Waals surface area (Å²) in [6.45, 7) is 1.18. The smallest absolute Gasteiger partial charge is 0.236 e. The molecule has 1 saturated heterocycles. The second kappa shape index (κ2) is 5.16. The fourth-order valence-electron chi connectivity index (χ4n) is 4.26. The van der Waals surface area contributed by atoms with Gasteiger partial charge in [0.25, 0.3) is 0 Å². The number of hydrogen-bond acceptors (Lipinski definition) is 4. The van der Waals surface area contributed by atoms with Gasteiger partial charge in [-0.05, 0) is 32.1 Å². The lowest BCUT2D eigenvalue weighted by molar-refractivity contribution is -0.153. The topological polar surface area (TPSA) is 99.2 Å². The molecule has 3 aliphatic rings. The van der Waals surface area contributed by atoms with Gasteiger partial charge in [-0.25, -0.2) is 0 Å². The van der Waals surface area contributed by atoms with Gasteiger partial charge >= 0.3 is 0 Å². The molecule has 1 amide bonds. The highest BCUT2D eigenvalue weighted by atomic mass is 16.4. The second-order valence-corrected chi connectivity index (χ2v) is 6.97. The van der Waals surface area contributed by atoms with Gasteiger partial charge in [-0.2, -0.15) is 0 Å². The molecule has 2 saturated carbocycles. The van der Waals surface area contributed by atoms with Gasteiger partial charge in [-0.3, -0.25) is 4.79 Å². The quantitative estimate of drug-likeness (QED) is 0.307. The molecule has 2 aliphatic carbocycles. The number of carbonyl (C=O) groups excluding carboxylic acids is 1. The Labute approximate surface area is 125 Å².